The highest BCUT2D eigenvalue weighted by Crippen LogP contribution is 2.14. The van der Waals surface area contributed by atoms with Crippen LogP contribution in [0.3, 0.4) is 0 Å². The second kappa shape index (κ2) is 2.85. The van der Waals surface area contributed by atoms with Crippen LogP contribution in [0.5, 0.6) is 0 Å². The Morgan fingerprint density at radius 1 is 2.11 bits per heavy atom. The van der Waals surface area contributed by atoms with Crippen LogP contribution in [0.4, 0.5) is 0 Å². The van der Waals surface area contributed by atoms with E-state index in [-0.39, 0.29) is 6.42 Å². The smallest absolute Gasteiger partial charge is 0.220 e. The van der Waals surface area contributed by atoms with Crippen LogP contribution in [0, 0.1) is 5.89 Å². The summed E-state index contributed by atoms with van der Waals surface area (Å²) >= 11 is 0. The van der Waals surface area contributed by atoms with Crippen molar-refractivity contribution >= 4 is 5.91 Å². The predicted octanol–water partition coefficient (Wildman–Crippen LogP) is 0.923. The van der Waals surface area contributed by atoms with E-state index in [1.165, 1.54) is 0 Å². The van der Waals surface area contributed by atoms with Crippen LogP contribution in [0.2, 0.25) is 0 Å². The summed E-state index contributed by atoms with van der Waals surface area (Å²) in [4.78, 5) is 11.2. The molecule has 0 bridgehead atoms. The maximum atomic E-state index is 11.2. The zero-order valence-corrected chi connectivity index (χ0v) is 5.32. The average Bonchev–Trinajstić information content (AvgIpc) is 2.12. The molecule has 1 fully saturated rings. The number of carbonyl (C=O) groups is 1. The van der Waals surface area contributed by atoms with E-state index in [0.717, 1.165) is 0 Å². The summed E-state index contributed by atoms with van der Waals surface area (Å²) in [5, 5.41) is 1.89. The van der Waals surface area contributed by atoms with Gasteiger partial charge >= 0.3 is 0 Å². The number of rotatable bonds is 2. The third-order valence-corrected chi connectivity index (χ3v) is 1.09. The summed E-state index contributed by atoms with van der Waals surface area (Å²) in [7, 11) is 0. The Morgan fingerprint density at radius 3 is 3.33 bits per heavy atom. The Hall–Kier alpha value is -0.530. The Kier molecular flexibility index (Phi) is 0.826. The molecule has 1 rings (SSSR count). The molecule has 0 aromatic rings. The molecule has 1 atom stereocenters. The van der Waals surface area contributed by atoms with Gasteiger partial charge in [0, 0.05) is 19.7 Å². The molecule has 9 heavy (non-hydrogen) atoms. The molecule has 1 aliphatic heterocycles. The molecule has 1 saturated heterocycles. The van der Waals surface area contributed by atoms with E-state index < -0.39 is 24.7 Å². The lowest BCUT2D eigenvalue weighted by Crippen LogP contribution is -2.13. The van der Waals surface area contributed by atoms with Crippen LogP contribution >= 0.6 is 0 Å². The van der Waals surface area contributed by atoms with Crippen LogP contribution in [-0.4, -0.2) is 12.4 Å². The Morgan fingerprint density at radius 2 is 2.89 bits per heavy atom. The summed E-state index contributed by atoms with van der Waals surface area (Å²) in [5.41, 5.74) is 0. The average molecular weight is 132 g/mol. The predicted molar refractivity (Wildman–Crippen MR) is 36.0 cm³/mol. The van der Waals surface area contributed by atoms with Gasteiger partial charge in [-0.05, 0) is 12.3 Å². The molecule has 0 radical (unpaired) electrons. The fraction of sp³-hybridized carbons (Fsp3) is 0.857. The molecule has 52 valence electrons. The van der Waals surface area contributed by atoms with Crippen LogP contribution in [-0.2, 0) is 4.79 Å². The van der Waals surface area contributed by atoms with Crippen LogP contribution in [0.25, 0.3) is 0 Å². The SMILES string of the molecule is [2H]C1([2H])NC(=O)C([2H])([2H])C1([2H])CCC. The van der Waals surface area contributed by atoms with Gasteiger partial charge in [0.25, 0.3) is 0 Å². The zero-order chi connectivity index (χ0) is 11.2. The van der Waals surface area contributed by atoms with E-state index in [0.29, 0.717) is 6.42 Å². The fourth-order valence-electron chi connectivity index (χ4n) is 0.707. The molecule has 0 spiro atoms. The number of hydrogen-bond donors (Lipinski definition) is 1. The molecule has 1 aliphatic rings. The van der Waals surface area contributed by atoms with Gasteiger partial charge in [-0.3, -0.25) is 4.79 Å². The first-order chi connectivity index (χ1) is 6.19. The van der Waals surface area contributed by atoms with Gasteiger partial charge in [0.15, 0.2) is 0 Å². The Balaban J connectivity index is 3.16. The van der Waals surface area contributed by atoms with E-state index >= 15 is 0 Å². The number of amides is 1. The lowest BCUT2D eigenvalue weighted by Gasteiger charge is -2.01. The number of hydrogen-bond acceptors (Lipinski definition) is 1. The standard InChI is InChI=1S/C7H13NO/c1-2-3-6-4-7(9)8-5-6/h6H,2-5H2,1H3,(H,8,9)/i4D2,5D2,6D. The zero-order valence-electron chi connectivity index (χ0n) is 10.3. The Labute approximate surface area is 62.7 Å². The highest BCUT2D eigenvalue weighted by Gasteiger charge is 2.19. The van der Waals surface area contributed by atoms with Gasteiger partial charge in [-0.25, -0.2) is 0 Å². The maximum Gasteiger partial charge on any atom is 0.220 e. The van der Waals surface area contributed by atoms with Crippen molar-refractivity contribution in [3.8, 4) is 0 Å². The van der Waals surface area contributed by atoms with Gasteiger partial charge in [0.2, 0.25) is 5.91 Å². The highest BCUT2D eigenvalue weighted by atomic mass is 16.1. The second-order valence-electron chi connectivity index (χ2n) is 1.93. The normalized spacial score (nSPS) is 53.9. The van der Waals surface area contributed by atoms with Crippen molar-refractivity contribution in [3.63, 3.8) is 0 Å². The van der Waals surface area contributed by atoms with Gasteiger partial charge in [-0.1, -0.05) is 13.3 Å². The van der Waals surface area contributed by atoms with Crippen molar-refractivity contribution in [3.05, 3.63) is 0 Å². The number of carbonyl (C=O) groups excluding carboxylic acids is 1. The van der Waals surface area contributed by atoms with Crippen molar-refractivity contribution < 1.29 is 11.6 Å². The summed E-state index contributed by atoms with van der Waals surface area (Å²) in [6.07, 6.45) is -2.00. The van der Waals surface area contributed by atoms with E-state index in [1.54, 1.807) is 6.92 Å². The summed E-state index contributed by atoms with van der Waals surface area (Å²) < 4.78 is 37.5. The third kappa shape index (κ3) is 1.70. The minimum Gasteiger partial charge on any atom is -0.356 e. The third-order valence-electron chi connectivity index (χ3n) is 1.09. The molecular weight excluding hydrogens is 114 g/mol. The van der Waals surface area contributed by atoms with E-state index in [1.807, 2.05) is 5.32 Å². The lowest BCUT2D eigenvalue weighted by molar-refractivity contribution is -0.119. The minimum absolute atomic E-state index is 0.00569. The molecule has 1 heterocycles. The molecular formula is C7H13NO. The van der Waals surface area contributed by atoms with Gasteiger partial charge in [-0.15, -0.1) is 0 Å². The van der Waals surface area contributed by atoms with Crippen molar-refractivity contribution in [1.29, 1.82) is 0 Å². The monoisotopic (exact) mass is 132 g/mol. The minimum atomic E-state index is -2.47. The van der Waals surface area contributed by atoms with Gasteiger partial charge < -0.3 is 5.32 Å². The molecule has 0 aromatic carbocycles. The molecule has 0 aromatic heterocycles. The maximum absolute atomic E-state index is 11.2. The largest absolute Gasteiger partial charge is 0.356 e. The molecule has 2 heteroatoms. The first-order valence-corrected chi connectivity index (χ1v) is 3.01. The molecule has 0 saturated carbocycles. The summed E-state index contributed by atoms with van der Waals surface area (Å²) in [5.74, 6) is -3.07. The van der Waals surface area contributed by atoms with E-state index in [4.69, 9.17) is 6.85 Å². The quantitative estimate of drug-likeness (QED) is 0.595. The topological polar surface area (TPSA) is 29.1 Å². The molecule has 1 unspecified atom stereocenters. The highest BCUT2D eigenvalue weighted by molar-refractivity contribution is 5.78. The summed E-state index contributed by atoms with van der Waals surface area (Å²) in [6, 6.07) is 0. The fourth-order valence-corrected chi connectivity index (χ4v) is 0.707. The molecule has 0 aliphatic carbocycles. The Bertz CT molecular complexity index is 267. The van der Waals surface area contributed by atoms with Crippen LogP contribution in [0.15, 0.2) is 0 Å². The van der Waals surface area contributed by atoms with E-state index in [2.05, 4.69) is 0 Å². The van der Waals surface area contributed by atoms with Crippen molar-refractivity contribution in [2.75, 3.05) is 6.50 Å². The van der Waals surface area contributed by atoms with Crippen LogP contribution in [0.1, 0.15) is 33.0 Å². The molecule has 2 nitrogen and oxygen atoms in total. The van der Waals surface area contributed by atoms with Crippen molar-refractivity contribution in [1.82, 2.24) is 5.32 Å². The number of nitrogens with one attached hydrogen (secondary N) is 1. The van der Waals surface area contributed by atoms with Gasteiger partial charge in [0.05, 0.1) is 0 Å². The molecule has 1 N–H and O–H groups in total. The molecule has 1 amide bonds. The first kappa shape index (κ1) is 2.60. The summed E-state index contributed by atoms with van der Waals surface area (Å²) in [6.45, 7) is -0.575. The van der Waals surface area contributed by atoms with Crippen molar-refractivity contribution in [2.45, 2.75) is 26.1 Å². The lowest BCUT2D eigenvalue weighted by atomic mass is 10.0. The van der Waals surface area contributed by atoms with E-state index in [9.17, 15) is 4.79 Å². The second-order valence-corrected chi connectivity index (χ2v) is 1.93. The van der Waals surface area contributed by atoms with Gasteiger partial charge in [-0.2, -0.15) is 0 Å². The van der Waals surface area contributed by atoms with Gasteiger partial charge in [0.1, 0.15) is 0 Å². The van der Waals surface area contributed by atoms with Crippen molar-refractivity contribution in [2.24, 2.45) is 5.89 Å². The van der Waals surface area contributed by atoms with Crippen LogP contribution < -0.4 is 5.32 Å². The first-order valence-electron chi connectivity index (χ1n) is 5.51.